The summed E-state index contributed by atoms with van der Waals surface area (Å²) in [5.74, 6) is 0.729. The van der Waals surface area contributed by atoms with E-state index >= 15 is 0 Å². The number of benzene rings is 1. The Morgan fingerprint density at radius 2 is 1.89 bits per heavy atom. The van der Waals surface area contributed by atoms with Gasteiger partial charge in [-0.05, 0) is 89.5 Å². The van der Waals surface area contributed by atoms with Crippen molar-refractivity contribution in [3.8, 4) is 27.4 Å². The number of thiophene rings is 1. The van der Waals surface area contributed by atoms with Crippen LogP contribution in [0.2, 0.25) is 0 Å². The number of carbonyl (C=O) groups excluding carboxylic acids is 1. The molecule has 46 heavy (non-hydrogen) atoms. The first-order valence-corrected chi connectivity index (χ1v) is 17.9. The van der Waals surface area contributed by atoms with Crippen LogP contribution in [0.15, 0.2) is 36.7 Å². The number of methoxy groups -OCH3 is 1. The van der Waals surface area contributed by atoms with Crippen LogP contribution in [0.5, 0.6) is 5.75 Å². The molecule has 0 spiro atoms. The van der Waals surface area contributed by atoms with Crippen LogP contribution in [0, 0.1) is 0 Å². The number of anilines is 1. The number of aromatic nitrogens is 3. The van der Waals surface area contributed by atoms with Gasteiger partial charge < -0.3 is 28.7 Å². The van der Waals surface area contributed by atoms with Crippen LogP contribution in [0.1, 0.15) is 71.9 Å². The Bertz CT molecular complexity index is 1640. The third-order valence-corrected chi connectivity index (χ3v) is 11.5. The van der Waals surface area contributed by atoms with E-state index in [9.17, 15) is 4.79 Å². The van der Waals surface area contributed by atoms with Gasteiger partial charge in [0.25, 0.3) is 0 Å². The maximum absolute atomic E-state index is 12.9. The first-order chi connectivity index (χ1) is 22.2. The summed E-state index contributed by atoms with van der Waals surface area (Å²) in [6, 6.07) is 9.33. The van der Waals surface area contributed by atoms with Gasteiger partial charge in [-0.15, -0.1) is 11.3 Å². The van der Waals surface area contributed by atoms with Crippen LogP contribution in [0.25, 0.3) is 31.2 Å². The number of nitrogens with zero attached hydrogens (tertiary/aromatic N) is 5. The minimum atomic E-state index is -0.480. The number of amides is 1. The molecule has 3 saturated heterocycles. The number of fused-ring (bicyclic) bond motifs is 3. The third-order valence-electron chi connectivity index (χ3n) is 9.21. The number of carbonyl (C=O) groups is 1. The summed E-state index contributed by atoms with van der Waals surface area (Å²) >= 11 is 3.40. The second kappa shape index (κ2) is 12.8. The van der Waals surface area contributed by atoms with Crippen LogP contribution < -0.4 is 9.64 Å². The highest BCUT2D eigenvalue weighted by Gasteiger charge is 2.46. The highest BCUT2D eigenvalue weighted by Crippen LogP contribution is 2.45. The second-order valence-electron chi connectivity index (χ2n) is 13.6. The van der Waals surface area contributed by atoms with Crippen LogP contribution in [-0.4, -0.2) is 77.0 Å². The predicted octanol–water partition coefficient (Wildman–Crippen LogP) is 7.94. The number of rotatable bonds is 8. The molecular weight excluding hydrogens is 623 g/mol. The molecule has 3 fully saturated rings. The third kappa shape index (κ3) is 6.36. The normalized spacial score (nSPS) is 23.2. The molecule has 6 heterocycles. The molecule has 1 amide bonds. The molecule has 0 aliphatic carbocycles. The van der Waals surface area contributed by atoms with Crippen molar-refractivity contribution in [2.45, 2.75) is 95.7 Å². The van der Waals surface area contributed by atoms with Crippen LogP contribution in [0.4, 0.5) is 9.80 Å². The van der Waals surface area contributed by atoms with Gasteiger partial charge >= 0.3 is 6.09 Å². The fourth-order valence-electron chi connectivity index (χ4n) is 6.97. The van der Waals surface area contributed by atoms with Crippen LogP contribution in [-0.2, 0) is 14.2 Å². The molecule has 0 N–H and O–H groups in total. The summed E-state index contributed by atoms with van der Waals surface area (Å²) in [6.45, 7) is 6.73. The molecule has 4 atom stereocenters. The van der Waals surface area contributed by atoms with Gasteiger partial charge in [0, 0.05) is 50.7 Å². The quantitative estimate of drug-likeness (QED) is 0.175. The number of ether oxygens (including phenoxy) is 4. The average Bonchev–Trinajstić information content (AvgIpc) is 3.81. The molecule has 4 aromatic rings. The van der Waals surface area contributed by atoms with E-state index in [1.54, 1.807) is 29.8 Å². The Kier molecular flexibility index (Phi) is 8.73. The van der Waals surface area contributed by atoms with Gasteiger partial charge in [0.1, 0.15) is 27.4 Å². The Labute approximate surface area is 278 Å². The van der Waals surface area contributed by atoms with Gasteiger partial charge in [-0.3, -0.25) is 0 Å². The van der Waals surface area contributed by atoms with Gasteiger partial charge in [-0.2, -0.15) is 5.10 Å². The summed E-state index contributed by atoms with van der Waals surface area (Å²) in [7, 11) is 3.81. The molecule has 0 radical (unpaired) electrons. The van der Waals surface area contributed by atoms with Crippen molar-refractivity contribution in [3.05, 3.63) is 36.7 Å². The summed E-state index contributed by atoms with van der Waals surface area (Å²) in [4.78, 5) is 23.4. The van der Waals surface area contributed by atoms with E-state index in [2.05, 4.69) is 41.4 Å². The molecule has 2 bridgehead atoms. The van der Waals surface area contributed by atoms with E-state index in [0.29, 0.717) is 6.04 Å². The van der Waals surface area contributed by atoms with Crippen molar-refractivity contribution in [1.29, 1.82) is 0 Å². The summed E-state index contributed by atoms with van der Waals surface area (Å²) < 4.78 is 26.1. The van der Waals surface area contributed by atoms with Crippen molar-refractivity contribution in [2.24, 2.45) is 0 Å². The molecule has 1 aromatic carbocycles. The number of piperidine rings is 1. The van der Waals surface area contributed by atoms with Crippen LogP contribution >= 0.6 is 22.7 Å². The first kappa shape index (κ1) is 31.4. The molecule has 10 nitrogen and oxygen atoms in total. The van der Waals surface area contributed by atoms with Crippen molar-refractivity contribution >= 4 is 43.3 Å². The molecule has 7 rings (SSSR count). The minimum absolute atomic E-state index is 0.00152. The van der Waals surface area contributed by atoms with Gasteiger partial charge in [0.15, 0.2) is 6.79 Å². The zero-order chi connectivity index (χ0) is 32.0. The lowest BCUT2D eigenvalue weighted by molar-refractivity contribution is -0.0394. The largest absolute Gasteiger partial charge is 0.467 e. The monoisotopic (exact) mass is 665 g/mol. The first-order valence-electron chi connectivity index (χ1n) is 16.2. The predicted molar refractivity (Wildman–Crippen MR) is 182 cm³/mol. The standard InChI is InChI=1S/C34H43N5O5S2/c1-34(2,3)44-33(40)39-23-10-11-24(39)16-25(15-23)37(4)30-17-28-32(46-30)36-31(45-28)26-12-9-21(14-27(26)43-20-41-5)22-18-35-38(19-22)29-8-6-7-13-42-29/h9,12,14,17-19,23-25,29H,6-8,10-11,13,15-16,20H2,1-5H3/t23-,24+,25?,29?. The SMILES string of the molecule is COCOc1cc(-c2cnn(C3CCCCO3)c2)ccc1-c1nc2sc(N(C)C3C[C@H]4CC[C@@H](C3)N4C(=O)OC(C)(C)C)cc2s1. The highest BCUT2D eigenvalue weighted by atomic mass is 32.1. The highest BCUT2D eigenvalue weighted by molar-refractivity contribution is 7.30. The van der Waals surface area contributed by atoms with Gasteiger partial charge in [-0.1, -0.05) is 17.4 Å². The van der Waals surface area contributed by atoms with Gasteiger partial charge in [0.2, 0.25) is 0 Å². The van der Waals surface area contributed by atoms with Gasteiger partial charge in [0.05, 0.1) is 21.5 Å². The van der Waals surface area contributed by atoms with E-state index < -0.39 is 5.60 Å². The smallest absolute Gasteiger partial charge is 0.410 e. The van der Waals surface area contributed by atoms with E-state index in [1.807, 2.05) is 42.6 Å². The average molecular weight is 666 g/mol. The lowest BCUT2D eigenvalue weighted by Crippen LogP contribution is -2.52. The molecular formula is C34H43N5O5S2. The lowest BCUT2D eigenvalue weighted by Gasteiger charge is -2.42. The molecule has 3 aromatic heterocycles. The van der Waals surface area contributed by atoms with Crippen molar-refractivity contribution in [2.75, 3.05) is 32.5 Å². The Balaban J connectivity index is 1.08. The zero-order valence-electron chi connectivity index (χ0n) is 27.2. The zero-order valence-corrected chi connectivity index (χ0v) is 28.9. The fourth-order valence-corrected chi connectivity index (χ4v) is 9.24. The van der Waals surface area contributed by atoms with E-state index in [0.717, 1.165) is 88.5 Å². The van der Waals surface area contributed by atoms with Crippen molar-refractivity contribution in [1.82, 2.24) is 19.7 Å². The van der Waals surface area contributed by atoms with E-state index in [1.165, 1.54) is 5.00 Å². The lowest BCUT2D eigenvalue weighted by atomic mass is 9.96. The Hall–Kier alpha value is -3.19. The molecule has 0 saturated carbocycles. The molecule has 12 heteroatoms. The van der Waals surface area contributed by atoms with E-state index in [4.69, 9.17) is 23.9 Å². The topological polar surface area (TPSA) is 91.2 Å². The fraction of sp³-hybridized carbons (Fsp3) is 0.559. The van der Waals surface area contributed by atoms with E-state index in [-0.39, 0.29) is 31.2 Å². The summed E-state index contributed by atoms with van der Waals surface area (Å²) in [6.07, 6.45) is 11.0. The second-order valence-corrected chi connectivity index (χ2v) is 15.6. The minimum Gasteiger partial charge on any atom is -0.467 e. The van der Waals surface area contributed by atoms with Gasteiger partial charge in [-0.25, -0.2) is 14.5 Å². The molecule has 246 valence electrons. The Morgan fingerprint density at radius 3 is 2.59 bits per heavy atom. The molecule has 2 unspecified atom stereocenters. The summed E-state index contributed by atoms with van der Waals surface area (Å²) in [5, 5.41) is 6.72. The summed E-state index contributed by atoms with van der Waals surface area (Å²) in [5.41, 5.74) is 2.50. The van der Waals surface area contributed by atoms with Crippen LogP contribution in [0.3, 0.4) is 0 Å². The van der Waals surface area contributed by atoms with Crippen molar-refractivity contribution < 1.29 is 23.7 Å². The maximum Gasteiger partial charge on any atom is 0.410 e. The number of thiazole rings is 1. The Morgan fingerprint density at radius 1 is 1.09 bits per heavy atom. The number of hydrogen-bond acceptors (Lipinski definition) is 10. The molecule has 3 aliphatic heterocycles. The maximum atomic E-state index is 12.9. The molecule has 3 aliphatic rings. The van der Waals surface area contributed by atoms with Crippen molar-refractivity contribution in [3.63, 3.8) is 0 Å². The number of hydrogen-bond donors (Lipinski definition) is 0.